The van der Waals surface area contributed by atoms with Gasteiger partial charge in [0.2, 0.25) is 5.91 Å². The number of nitrogens with one attached hydrogen (secondary N) is 2. The molecule has 1 aliphatic heterocycles. The third kappa shape index (κ3) is 4.61. The van der Waals surface area contributed by atoms with Gasteiger partial charge in [-0.3, -0.25) is 9.59 Å². The lowest BCUT2D eigenvalue weighted by Gasteiger charge is -2.25. The molecule has 0 radical (unpaired) electrons. The van der Waals surface area contributed by atoms with Gasteiger partial charge in [0.15, 0.2) is 11.5 Å². The zero-order valence-electron chi connectivity index (χ0n) is 18.7. The van der Waals surface area contributed by atoms with E-state index in [2.05, 4.69) is 29.1 Å². The van der Waals surface area contributed by atoms with Crippen molar-refractivity contribution in [3.8, 4) is 11.5 Å². The SMILES string of the molecule is CC(C)C(NC(=O)CSCc1nc2sc3c(c2c(=O)[nH]1)CCC3)c1ccc2c(c1)OCCO2. The Hall–Kier alpha value is -2.52. The van der Waals surface area contributed by atoms with Crippen molar-refractivity contribution in [1.29, 1.82) is 0 Å². The van der Waals surface area contributed by atoms with Crippen molar-refractivity contribution < 1.29 is 14.3 Å². The normalized spacial score (nSPS) is 15.6. The maximum Gasteiger partial charge on any atom is 0.259 e. The number of H-pyrrole nitrogens is 1. The van der Waals surface area contributed by atoms with Crippen LogP contribution in [0, 0.1) is 5.92 Å². The predicted octanol–water partition coefficient (Wildman–Crippen LogP) is 3.99. The lowest BCUT2D eigenvalue weighted by molar-refractivity contribution is -0.119. The second-order valence-electron chi connectivity index (χ2n) is 8.74. The molecule has 1 atom stereocenters. The highest BCUT2D eigenvalue weighted by Crippen LogP contribution is 2.35. The number of carbonyl (C=O) groups is 1. The molecule has 3 heterocycles. The summed E-state index contributed by atoms with van der Waals surface area (Å²) in [4.78, 5) is 35.0. The van der Waals surface area contributed by atoms with Crippen molar-refractivity contribution in [2.75, 3.05) is 19.0 Å². The standard InChI is InChI=1S/C24H27N3O4S2/c1-13(2)22(14-6-7-16-17(10-14)31-9-8-30-16)27-20(28)12-32-11-19-25-23(29)21-15-4-3-5-18(15)33-24(21)26-19/h6-7,10,13,22H,3-5,8-9,11-12H2,1-2H3,(H,27,28)(H,25,26,29). The highest BCUT2D eigenvalue weighted by molar-refractivity contribution is 7.99. The molecule has 1 unspecified atom stereocenters. The number of rotatable bonds is 7. The van der Waals surface area contributed by atoms with E-state index >= 15 is 0 Å². The molecule has 2 aliphatic rings. The fourth-order valence-corrected chi connectivity index (χ4v) is 6.44. The largest absolute Gasteiger partial charge is 0.486 e. The van der Waals surface area contributed by atoms with Crippen LogP contribution in [0.25, 0.3) is 10.2 Å². The number of aromatic amines is 1. The molecule has 2 aromatic heterocycles. The molecule has 33 heavy (non-hydrogen) atoms. The number of thiophene rings is 1. The van der Waals surface area contributed by atoms with Crippen LogP contribution < -0.4 is 20.3 Å². The van der Waals surface area contributed by atoms with Gasteiger partial charge in [-0.05, 0) is 48.4 Å². The fourth-order valence-electron chi connectivity index (χ4n) is 4.46. The molecule has 0 saturated carbocycles. The van der Waals surface area contributed by atoms with Crippen LogP contribution in [-0.2, 0) is 23.4 Å². The van der Waals surface area contributed by atoms with Crippen molar-refractivity contribution in [2.45, 2.75) is 44.9 Å². The third-order valence-corrected chi connectivity index (χ3v) is 8.13. The predicted molar refractivity (Wildman–Crippen MR) is 132 cm³/mol. The Morgan fingerprint density at radius 2 is 2.06 bits per heavy atom. The Morgan fingerprint density at radius 1 is 1.24 bits per heavy atom. The number of carbonyl (C=O) groups excluding carboxylic acids is 1. The molecule has 0 spiro atoms. The molecule has 2 N–H and O–H groups in total. The van der Waals surface area contributed by atoms with Gasteiger partial charge in [0.25, 0.3) is 5.56 Å². The van der Waals surface area contributed by atoms with E-state index in [0.29, 0.717) is 24.8 Å². The van der Waals surface area contributed by atoms with Gasteiger partial charge in [-0.15, -0.1) is 23.1 Å². The molecule has 174 valence electrons. The van der Waals surface area contributed by atoms with Crippen LogP contribution >= 0.6 is 23.1 Å². The van der Waals surface area contributed by atoms with Crippen LogP contribution in [0.3, 0.4) is 0 Å². The molecule has 3 aromatic rings. The number of amides is 1. The van der Waals surface area contributed by atoms with Gasteiger partial charge in [0.05, 0.1) is 22.9 Å². The number of fused-ring (bicyclic) bond motifs is 4. The summed E-state index contributed by atoms with van der Waals surface area (Å²) < 4.78 is 11.3. The Kier molecular flexibility index (Phi) is 6.34. The maximum absolute atomic E-state index is 12.7. The summed E-state index contributed by atoms with van der Waals surface area (Å²) in [6.07, 6.45) is 3.13. The van der Waals surface area contributed by atoms with Gasteiger partial charge in [0.1, 0.15) is 23.9 Å². The zero-order valence-corrected chi connectivity index (χ0v) is 20.4. The van der Waals surface area contributed by atoms with E-state index in [1.54, 1.807) is 11.3 Å². The van der Waals surface area contributed by atoms with E-state index in [1.807, 2.05) is 18.2 Å². The van der Waals surface area contributed by atoms with Crippen molar-refractivity contribution in [2.24, 2.45) is 5.92 Å². The second kappa shape index (κ2) is 9.38. The minimum Gasteiger partial charge on any atom is -0.486 e. The summed E-state index contributed by atoms with van der Waals surface area (Å²) in [7, 11) is 0. The third-order valence-electron chi connectivity index (χ3n) is 6.00. The molecule has 1 aliphatic carbocycles. The van der Waals surface area contributed by atoms with Crippen molar-refractivity contribution in [1.82, 2.24) is 15.3 Å². The first kappa shape index (κ1) is 22.3. The summed E-state index contributed by atoms with van der Waals surface area (Å²) in [6, 6.07) is 5.71. The lowest BCUT2D eigenvalue weighted by Crippen LogP contribution is -2.33. The molecule has 9 heteroatoms. The van der Waals surface area contributed by atoms with E-state index < -0.39 is 0 Å². The summed E-state index contributed by atoms with van der Waals surface area (Å²) in [5.74, 6) is 3.02. The van der Waals surface area contributed by atoms with Crippen molar-refractivity contribution in [3.63, 3.8) is 0 Å². The average Bonchev–Trinajstić information content (AvgIpc) is 3.38. The maximum atomic E-state index is 12.7. The molecular formula is C24H27N3O4S2. The fraction of sp³-hybridized carbons (Fsp3) is 0.458. The van der Waals surface area contributed by atoms with Crippen LogP contribution in [-0.4, -0.2) is 34.8 Å². The van der Waals surface area contributed by atoms with E-state index in [1.165, 1.54) is 22.2 Å². The summed E-state index contributed by atoms with van der Waals surface area (Å²) in [6.45, 7) is 5.24. The highest BCUT2D eigenvalue weighted by Gasteiger charge is 2.23. The first-order valence-electron chi connectivity index (χ1n) is 11.3. The average molecular weight is 486 g/mol. The molecular weight excluding hydrogens is 458 g/mol. The van der Waals surface area contributed by atoms with Gasteiger partial charge >= 0.3 is 0 Å². The molecule has 1 aromatic carbocycles. The van der Waals surface area contributed by atoms with E-state index in [9.17, 15) is 9.59 Å². The number of hydrogen-bond acceptors (Lipinski definition) is 7. The van der Waals surface area contributed by atoms with Crippen LogP contribution in [0.2, 0.25) is 0 Å². The lowest BCUT2D eigenvalue weighted by atomic mass is 9.95. The molecule has 1 amide bonds. The van der Waals surface area contributed by atoms with Gasteiger partial charge in [-0.1, -0.05) is 19.9 Å². The molecule has 0 saturated heterocycles. The van der Waals surface area contributed by atoms with Crippen LogP contribution in [0.1, 0.15) is 48.1 Å². The monoisotopic (exact) mass is 485 g/mol. The van der Waals surface area contributed by atoms with E-state index in [-0.39, 0.29) is 29.2 Å². The van der Waals surface area contributed by atoms with Gasteiger partial charge in [-0.2, -0.15) is 0 Å². The Labute approximate surface area is 200 Å². The Balaban J connectivity index is 1.21. The molecule has 0 bridgehead atoms. The van der Waals surface area contributed by atoms with Crippen LogP contribution in [0.5, 0.6) is 11.5 Å². The summed E-state index contributed by atoms with van der Waals surface area (Å²) >= 11 is 3.08. The summed E-state index contributed by atoms with van der Waals surface area (Å²) in [5.41, 5.74) is 2.12. The van der Waals surface area contributed by atoms with E-state index in [0.717, 1.165) is 46.5 Å². The minimum atomic E-state index is -0.128. The number of hydrogen-bond donors (Lipinski definition) is 2. The number of thioether (sulfide) groups is 1. The Bertz CT molecular complexity index is 1250. The number of ether oxygens (including phenoxy) is 2. The number of aromatic nitrogens is 2. The second-order valence-corrected chi connectivity index (χ2v) is 10.8. The minimum absolute atomic E-state index is 0.0490. The van der Waals surface area contributed by atoms with Crippen LogP contribution in [0.4, 0.5) is 0 Å². The van der Waals surface area contributed by atoms with Crippen molar-refractivity contribution in [3.05, 3.63) is 50.4 Å². The number of benzene rings is 1. The Morgan fingerprint density at radius 3 is 2.88 bits per heavy atom. The highest BCUT2D eigenvalue weighted by atomic mass is 32.2. The molecule has 7 nitrogen and oxygen atoms in total. The number of aryl methyl sites for hydroxylation is 2. The summed E-state index contributed by atoms with van der Waals surface area (Å²) in [5, 5.41) is 3.91. The van der Waals surface area contributed by atoms with Gasteiger partial charge in [0, 0.05) is 4.88 Å². The van der Waals surface area contributed by atoms with E-state index in [4.69, 9.17) is 9.47 Å². The smallest absolute Gasteiger partial charge is 0.259 e. The first-order chi connectivity index (χ1) is 16.0. The van der Waals surface area contributed by atoms with Crippen LogP contribution in [0.15, 0.2) is 23.0 Å². The van der Waals surface area contributed by atoms with Gasteiger partial charge < -0.3 is 19.8 Å². The topological polar surface area (TPSA) is 93.3 Å². The number of nitrogens with zero attached hydrogens (tertiary/aromatic N) is 1. The molecule has 5 rings (SSSR count). The van der Waals surface area contributed by atoms with Gasteiger partial charge in [-0.25, -0.2) is 4.98 Å². The van der Waals surface area contributed by atoms with Crippen molar-refractivity contribution >= 4 is 39.2 Å². The first-order valence-corrected chi connectivity index (χ1v) is 13.3. The zero-order chi connectivity index (χ0) is 22.9. The molecule has 0 fully saturated rings. The quantitative estimate of drug-likeness (QED) is 0.526.